The first kappa shape index (κ1) is 13.7. The highest BCUT2D eigenvalue weighted by Gasteiger charge is 2.38. The SMILES string of the molecule is N=C/C(C(=O)O)=C(\Nc1ccccn1)C(F)(F)F. The van der Waals surface area contributed by atoms with Crippen molar-refractivity contribution < 1.29 is 23.1 Å². The molecule has 1 rings (SSSR count). The van der Waals surface area contributed by atoms with Crippen molar-refractivity contribution in [2.24, 2.45) is 0 Å². The van der Waals surface area contributed by atoms with Gasteiger partial charge in [-0.2, -0.15) is 13.2 Å². The van der Waals surface area contributed by atoms with E-state index in [-0.39, 0.29) is 12.0 Å². The second kappa shape index (κ2) is 5.30. The number of anilines is 1. The topological polar surface area (TPSA) is 86.1 Å². The first-order valence-corrected chi connectivity index (χ1v) is 4.59. The molecule has 0 saturated carbocycles. The number of carbonyl (C=O) groups is 1. The van der Waals surface area contributed by atoms with Gasteiger partial charge in [-0.15, -0.1) is 0 Å². The maximum atomic E-state index is 12.7. The smallest absolute Gasteiger partial charge is 0.432 e. The summed E-state index contributed by atoms with van der Waals surface area (Å²) in [6, 6.07) is 4.18. The average molecular weight is 259 g/mol. The van der Waals surface area contributed by atoms with Crippen LogP contribution in [0, 0.1) is 5.41 Å². The number of aliphatic carboxylic acids is 1. The maximum absolute atomic E-state index is 12.7. The van der Waals surface area contributed by atoms with Gasteiger partial charge in [-0.3, -0.25) is 0 Å². The monoisotopic (exact) mass is 259 g/mol. The minimum Gasteiger partial charge on any atom is -0.478 e. The Hall–Kier alpha value is -2.38. The van der Waals surface area contributed by atoms with E-state index in [1.54, 1.807) is 0 Å². The lowest BCUT2D eigenvalue weighted by Gasteiger charge is -2.15. The van der Waals surface area contributed by atoms with Crippen molar-refractivity contribution >= 4 is 18.0 Å². The van der Waals surface area contributed by atoms with Crippen molar-refractivity contribution in [2.75, 3.05) is 5.32 Å². The molecule has 0 saturated heterocycles. The zero-order valence-corrected chi connectivity index (χ0v) is 8.82. The zero-order chi connectivity index (χ0) is 13.8. The van der Waals surface area contributed by atoms with Gasteiger partial charge in [-0.05, 0) is 12.1 Å². The Bertz CT molecular complexity index is 483. The summed E-state index contributed by atoms with van der Waals surface area (Å²) >= 11 is 0. The quantitative estimate of drug-likeness (QED) is 0.570. The lowest BCUT2D eigenvalue weighted by Crippen LogP contribution is -2.25. The highest BCUT2D eigenvalue weighted by Crippen LogP contribution is 2.28. The number of halogens is 3. The zero-order valence-electron chi connectivity index (χ0n) is 8.82. The largest absolute Gasteiger partial charge is 0.478 e. The Balaban J connectivity index is 3.24. The van der Waals surface area contributed by atoms with E-state index in [0.717, 1.165) is 0 Å². The summed E-state index contributed by atoms with van der Waals surface area (Å²) in [7, 11) is 0. The summed E-state index contributed by atoms with van der Waals surface area (Å²) in [5.41, 5.74) is -2.73. The third-order valence-electron chi connectivity index (χ3n) is 1.85. The summed E-state index contributed by atoms with van der Waals surface area (Å²) in [5, 5.41) is 17.2. The molecule has 0 aliphatic rings. The molecule has 3 N–H and O–H groups in total. The number of nitrogens with zero attached hydrogens (tertiary/aromatic N) is 1. The van der Waals surface area contributed by atoms with E-state index < -0.39 is 23.4 Å². The summed E-state index contributed by atoms with van der Waals surface area (Å²) in [6.07, 6.45) is -3.55. The van der Waals surface area contributed by atoms with Crippen molar-refractivity contribution in [3.8, 4) is 0 Å². The Morgan fingerprint density at radius 1 is 1.44 bits per heavy atom. The molecule has 0 bridgehead atoms. The molecule has 0 fully saturated rings. The number of allylic oxidation sites excluding steroid dienone is 1. The predicted molar refractivity (Wildman–Crippen MR) is 57.4 cm³/mol. The number of hydrogen-bond acceptors (Lipinski definition) is 4. The fourth-order valence-corrected chi connectivity index (χ4v) is 1.10. The van der Waals surface area contributed by atoms with Crippen molar-refractivity contribution in [1.82, 2.24) is 4.98 Å². The third-order valence-corrected chi connectivity index (χ3v) is 1.85. The van der Waals surface area contributed by atoms with Crippen LogP contribution in [0.3, 0.4) is 0 Å². The molecule has 1 aromatic heterocycles. The standard InChI is InChI=1S/C10H8F3N3O2/c11-10(12,13)8(6(5-14)9(17)18)16-7-3-1-2-4-15-7/h1-5,14H,(H,15,16)(H,17,18)/b8-6+,14-5?. The molecule has 0 unspecified atom stereocenters. The molecule has 0 aliphatic carbocycles. The fourth-order valence-electron chi connectivity index (χ4n) is 1.10. The Labute approximate surface area is 99.5 Å². The van der Waals surface area contributed by atoms with Crippen LogP contribution in [0.25, 0.3) is 0 Å². The highest BCUT2D eigenvalue weighted by molar-refractivity contribution is 6.08. The Morgan fingerprint density at radius 3 is 2.50 bits per heavy atom. The Morgan fingerprint density at radius 2 is 2.11 bits per heavy atom. The molecule has 8 heteroatoms. The van der Waals surface area contributed by atoms with E-state index in [9.17, 15) is 18.0 Å². The molecule has 0 amide bonds. The van der Waals surface area contributed by atoms with Gasteiger partial charge in [-0.25, -0.2) is 9.78 Å². The van der Waals surface area contributed by atoms with Crippen LogP contribution in [0.4, 0.5) is 19.0 Å². The van der Waals surface area contributed by atoms with Crippen molar-refractivity contribution in [2.45, 2.75) is 6.18 Å². The van der Waals surface area contributed by atoms with E-state index in [4.69, 9.17) is 10.5 Å². The lowest BCUT2D eigenvalue weighted by atomic mass is 10.2. The molecule has 1 aromatic rings. The molecule has 0 aliphatic heterocycles. The summed E-state index contributed by atoms with van der Waals surface area (Å²) in [4.78, 5) is 14.2. The summed E-state index contributed by atoms with van der Waals surface area (Å²) < 4.78 is 38.1. The van der Waals surface area contributed by atoms with Gasteiger partial charge in [0.2, 0.25) is 0 Å². The number of nitrogens with one attached hydrogen (secondary N) is 2. The third kappa shape index (κ3) is 3.30. The number of aromatic nitrogens is 1. The minimum atomic E-state index is -4.93. The second-order valence-electron chi connectivity index (χ2n) is 3.08. The van der Waals surface area contributed by atoms with Crippen LogP contribution in [0.2, 0.25) is 0 Å². The van der Waals surface area contributed by atoms with E-state index >= 15 is 0 Å². The highest BCUT2D eigenvalue weighted by atomic mass is 19.4. The van der Waals surface area contributed by atoms with Gasteiger partial charge in [-0.1, -0.05) is 6.07 Å². The van der Waals surface area contributed by atoms with Gasteiger partial charge in [0.15, 0.2) is 0 Å². The second-order valence-corrected chi connectivity index (χ2v) is 3.08. The van der Waals surface area contributed by atoms with Gasteiger partial charge in [0, 0.05) is 12.4 Å². The molecule has 18 heavy (non-hydrogen) atoms. The van der Waals surface area contributed by atoms with Gasteiger partial charge in [0.05, 0.1) is 0 Å². The number of hydrogen-bond donors (Lipinski definition) is 3. The molecular formula is C10H8F3N3O2. The summed E-state index contributed by atoms with van der Waals surface area (Å²) in [6.45, 7) is 0. The number of carboxylic acid groups (broad SMARTS) is 1. The number of alkyl halides is 3. The Kier molecular flexibility index (Phi) is 4.03. The predicted octanol–water partition coefficient (Wildman–Crippen LogP) is 2.04. The summed E-state index contributed by atoms with van der Waals surface area (Å²) in [5.74, 6) is -2.01. The molecule has 0 spiro atoms. The van der Waals surface area contributed by atoms with Crippen LogP contribution in [0.15, 0.2) is 35.7 Å². The van der Waals surface area contributed by atoms with Gasteiger partial charge in [0.25, 0.3) is 0 Å². The van der Waals surface area contributed by atoms with Crippen LogP contribution in [-0.2, 0) is 4.79 Å². The van der Waals surface area contributed by atoms with Gasteiger partial charge in [0.1, 0.15) is 17.1 Å². The minimum absolute atomic E-state index is 0.126. The first-order chi connectivity index (χ1) is 8.36. The molecule has 5 nitrogen and oxygen atoms in total. The van der Waals surface area contributed by atoms with E-state index in [2.05, 4.69) is 4.98 Å². The lowest BCUT2D eigenvalue weighted by molar-refractivity contribution is -0.133. The maximum Gasteiger partial charge on any atom is 0.432 e. The number of rotatable bonds is 4. The van der Waals surface area contributed by atoms with E-state index in [1.165, 1.54) is 24.4 Å². The fraction of sp³-hybridized carbons (Fsp3) is 0.100. The van der Waals surface area contributed by atoms with Crippen LogP contribution in [0.5, 0.6) is 0 Å². The van der Waals surface area contributed by atoms with Crippen LogP contribution in [0.1, 0.15) is 0 Å². The van der Waals surface area contributed by atoms with Gasteiger partial charge >= 0.3 is 12.1 Å². The first-order valence-electron chi connectivity index (χ1n) is 4.59. The van der Waals surface area contributed by atoms with Crippen molar-refractivity contribution in [3.05, 3.63) is 35.7 Å². The molecule has 96 valence electrons. The van der Waals surface area contributed by atoms with Crippen molar-refractivity contribution in [1.29, 1.82) is 5.41 Å². The van der Waals surface area contributed by atoms with Crippen LogP contribution < -0.4 is 5.32 Å². The number of carboxylic acids is 1. The normalized spacial score (nSPS) is 12.6. The van der Waals surface area contributed by atoms with Gasteiger partial charge < -0.3 is 15.8 Å². The molecule has 0 aromatic carbocycles. The van der Waals surface area contributed by atoms with E-state index in [0.29, 0.717) is 0 Å². The molecule has 0 atom stereocenters. The van der Waals surface area contributed by atoms with Crippen LogP contribution in [-0.4, -0.2) is 28.5 Å². The van der Waals surface area contributed by atoms with Crippen LogP contribution >= 0.6 is 0 Å². The molecule has 1 heterocycles. The molecule has 0 radical (unpaired) electrons. The van der Waals surface area contributed by atoms with E-state index in [1.807, 2.05) is 5.32 Å². The number of pyridine rings is 1. The average Bonchev–Trinajstić information content (AvgIpc) is 2.28. The van der Waals surface area contributed by atoms with Crippen molar-refractivity contribution in [3.63, 3.8) is 0 Å². The molecular weight excluding hydrogens is 251 g/mol.